The fourth-order valence-electron chi connectivity index (χ4n) is 3.23. The van der Waals surface area contributed by atoms with Gasteiger partial charge in [-0.3, -0.25) is 4.79 Å². The number of ether oxygens (including phenoxy) is 1. The number of amides is 1. The molecule has 4 rings (SSSR count). The van der Waals surface area contributed by atoms with Crippen LogP contribution in [0.15, 0.2) is 54.9 Å². The maximum absolute atomic E-state index is 13.9. The third-order valence-electron chi connectivity index (χ3n) is 4.80. The van der Waals surface area contributed by atoms with Crippen molar-refractivity contribution >= 4 is 11.7 Å². The van der Waals surface area contributed by atoms with Crippen LogP contribution >= 0.6 is 0 Å². The van der Waals surface area contributed by atoms with Gasteiger partial charge in [0, 0.05) is 44.1 Å². The second-order valence-corrected chi connectivity index (χ2v) is 6.47. The van der Waals surface area contributed by atoms with E-state index in [-0.39, 0.29) is 11.7 Å². The summed E-state index contributed by atoms with van der Waals surface area (Å²) < 4.78 is 20.7. The lowest BCUT2D eigenvalue weighted by molar-refractivity contribution is 0.0746. The van der Waals surface area contributed by atoms with E-state index in [0.717, 1.165) is 11.6 Å². The molecule has 1 aliphatic heterocycles. The molecule has 144 valence electrons. The number of carbonyl (C=O) groups excluding carboxylic acids is 1. The minimum absolute atomic E-state index is 0.128. The lowest BCUT2D eigenvalue weighted by Crippen LogP contribution is -2.49. The zero-order valence-corrected chi connectivity index (χ0v) is 15.5. The van der Waals surface area contributed by atoms with Crippen LogP contribution in [-0.2, 0) is 0 Å². The molecular weight excluding hydrogens is 361 g/mol. The number of hydrogen-bond acceptors (Lipinski definition) is 5. The first-order valence-electron chi connectivity index (χ1n) is 9.00. The molecule has 28 heavy (non-hydrogen) atoms. The van der Waals surface area contributed by atoms with Crippen molar-refractivity contribution in [2.24, 2.45) is 0 Å². The molecule has 7 nitrogen and oxygen atoms in total. The van der Waals surface area contributed by atoms with E-state index in [2.05, 4.69) is 15.1 Å². The quantitative estimate of drug-likeness (QED) is 0.694. The summed E-state index contributed by atoms with van der Waals surface area (Å²) in [4.78, 5) is 16.4. The Morgan fingerprint density at radius 1 is 1.00 bits per heavy atom. The number of anilines is 1. The van der Waals surface area contributed by atoms with Crippen LogP contribution in [0.1, 0.15) is 10.4 Å². The van der Waals surface area contributed by atoms with Gasteiger partial charge >= 0.3 is 0 Å². The zero-order chi connectivity index (χ0) is 19.5. The predicted octanol–water partition coefficient (Wildman–Crippen LogP) is 2.38. The molecule has 8 heteroatoms. The van der Waals surface area contributed by atoms with Crippen LogP contribution in [0, 0.1) is 5.82 Å². The molecule has 0 radical (unpaired) electrons. The zero-order valence-electron chi connectivity index (χ0n) is 15.5. The van der Waals surface area contributed by atoms with Crippen molar-refractivity contribution in [1.82, 2.24) is 19.7 Å². The van der Waals surface area contributed by atoms with Gasteiger partial charge in [-0.05, 0) is 42.5 Å². The Hall–Kier alpha value is -3.42. The molecule has 0 spiro atoms. The lowest BCUT2D eigenvalue weighted by Gasteiger charge is -2.35. The van der Waals surface area contributed by atoms with Crippen molar-refractivity contribution in [1.29, 1.82) is 0 Å². The maximum Gasteiger partial charge on any atom is 0.254 e. The summed E-state index contributed by atoms with van der Waals surface area (Å²) in [6.07, 6.45) is 3.83. The van der Waals surface area contributed by atoms with Gasteiger partial charge in [0.25, 0.3) is 5.91 Å². The van der Waals surface area contributed by atoms with E-state index < -0.39 is 5.82 Å². The summed E-state index contributed by atoms with van der Waals surface area (Å²) in [7, 11) is 1.40. The summed E-state index contributed by atoms with van der Waals surface area (Å²) in [6, 6.07) is 12.0. The molecule has 0 unspecified atom stereocenters. The number of carbonyl (C=O) groups is 1. The summed E-state index contributed by atoms with van der Waals surface area (Å²) in [6.45, 7) is 2.35. The molecule has 1 aromatic carbocycles. The second-order valence-electron chi connectivity index (χ2n) is 6.47. The van der Waals surface area contributed by atoms with E-state index in [1.54, 1.807) is 11.0 Å². The average molecular weight is 381 g/mol. The van der Waals surface area contributed by atoms with Crippen LogP contribution in [0.2, 0.25) is 0 Å². The molecular formula is C20H20FN5O2. The van der Waals surface area contributed by atoms with E-state index in [1.165, 1.54) is 19.2 Å². The molecule has 0 aliphatic carbocycles. The number of aromatic nitrogens is 3. The van der Waals surface area contributed by atoms with Crippen LogP contribution < -0.4 is 9.64 Å². The lowest BCUT2D eigenvalue weighted by atomic mass is 10.1. The molecule has 0 atom stereocenters. The normalized spacial score (nSPS) is 14.2. The van der Waals surface area contributed by atoms with Gasteiger partial charge in [-0.1, -0.05) is 0 Å². The summed E-state index contributed by atoms with van der Waals surface area (Å²) in [5.41, 5.74) is 0.322. The van der Waals surface area contributed by atoms with Crippen LogP contribution in [0.4, 0.5) is 10.2 Å². The average Bonchev–Trinajstić information content (AvgIpc) is 3.28. The molecule has 2 aromatic heterocycles. The fraction of sp³-hybridized carbons (Fsp3) is 0.250. The Morgan fingerprint density at radius 3 is 2.29 bits per heavy atom. The summed E-state index contributed by atoms with van der Waals surface area (Å²) >= 11 is 0. The van der Waals surface area contributed by atoms with Crippen molar-refractivity contribution in [3.8, 4) is 11.6 Å². The number of rotatable bonds is 4. The van der Waals surface area contributed by atoms with Crippen LogP contribution in [0.3, 0.4) is 0 Å². The molecule has 0 bridgehead atoms. The Labute approximate surface area is 162 Å². The Bertz CT molecular complexity index is 951. The van der Waals surface area contributed by atoms with E-state index in [4.69, 9.17) is 4.74 Å². The number of benzene rings is 1. The third kappa shape index (κ3) is 3.53. The van der Waals surface area contributed by atoms with Crippen molar-refractivity contribution in [3.63, 3.8) is 0 Å². The highest BCUT2D eigenvalue weighted by Gasteiger charge is 2.23. The van der Waals surface area contributed by atoms with Gasteiger partial charge in [-0.2, -0.15) is 0 Å². The Kier molecular flexibility index (Phi) is 4.92. The van der Waals surface area contributed by atoms with Crippen molar-refractivity contribution in [2.75, 3.05) is 38.2 Å². The standard InChI is InChI=1S/C20H20FN5O2/c1-28-17-5-4-15(14-16(17)21)20(27)26-12-10-25(11-13-26)19-7-6-18(22-23-19)24-8-2-3-9-24/h2-9,14H,10-13H2,1H3. The van der Waals surface area contributed by atoms with Gasteiger partial charge in [0.2, 0.25) is 0 Å². The smallest absolute Gasteiger partial charge is 0.254 e. The van der Waals surface area contributed by atoms with E-state index in [0.29, 0.717) is 31.7 Å². The third-order valence-corrected chi connectivity index (χ3v) is 4.80. The van der Waals surface area contributed by atoms with Crippen LogP contribution in [0.5, 0.6) is 5.75 Å². The first-order chi connectivity index (χ1) is 13.7. The monoisotopic (exact) mass is 381 g/mol. The van der Waals surface area contributed by atoms with Crippen molar-refractivity contribution < 1.29 is 13.9 Å². The van der Waals surface area contributed by atoms with Gasteiger partial charge in [-0.25, -0.2) is 4.39 Å². The minimum atomic E-state index is -0.537. The highest BCUT2D eigenvalue weighted by Crippen LogP contribution is 2.20. The predicted molar refractivity (Wildman–Crippen MR) is 102 cm³/mol. The number of piperazine rings is 1. The SMILES string of the molecule is COc1ccc(C(=O)N2CCN(c3ccc(-n4cccc4)nn3)CC2)cc1F. The Morgan fingerprint density at radius 2 is 1.68 bits per heavy atom. The number of methoxy groups -OCH3 is 1. The van der Waals surface area contributed by atoms with Crippen LogP contribution in [0.25, 0.3) is 5.82 Å². The van der Waals surface area contributed by atoms with E-state index in [9.17, 15) is 9.18 Å². The highest BCUT2D eigenvalue weighted by atomic mass is 19.1. The van der Waals surface area contributed by atoms with Gasteiger partial charge in [0.05, 0.1) is 7.11 Å². The fourth-order valence-corrected chi connectivity index (χ4v) is 3.23. The molecule has 1 amide bonds. The van der Waals surface area contributed by atoms with Gasteiger partial charge in [0.15, 0.2) is 23.2 Å². The largest absolute Gasteiger partial charge is 0.494 e. The van der Waals surface area contributed by atoms with Crippen LogP contribution in [-0.4, -0.2) is 58.9 Å². The first kappa shape index (κ1) is 18.0. The molecule has 1 aliphatic rings. The van der Waals surface area contributed by atoms with Gasteiger partial charge < -0.3 is 19.1 Å². The molecule has 1 fully saturated rings. The van der Waals surface area contributed by atoms with Gasteiger partial charge in [0.1, 0.15) is 0 Å². The first-order valence-corrected chi connectivity index (χ1v) is 9.00. The summed E-state index contributed by atoms with van der Waals surface area (Å²) in [5.74, 6) is 0.936. The second kappa shape index (κ2) is 7.67. The molecule has 3 heterocycles. The highest BCUT2D eigenvalue weighted by molar-refractivity contribution is 5.94. The molecule has 0 saturated carbocycles. The number of nitrogens with zero attached hydrogens (tertiary/aromatic N) is 5. The topological polar surface area (TPSA) is 63.5 Å². The van der Waals surface area contributed by atoms with Gasteiger partial charge in [-0.15, -0.1) is 10.2 Å². The molecule has 1 saturated heterocycles. The van der Waals surface area contributed by atoms with Crippen molar-refractivity contribution in [2.45, 2.75) is 0 Å². The van der Waals surface area contributed by atoms with E-state index >= 15 is 0 Å². The molecule has 3 aromatic rings. The Balaban J connectivity index is 1.39. The minimum Gasteiger partial charge on any atom is -0.494 e. The maximum atomic E-state index is 13.9. The van der Waals surface area contributed by atoms with Crippen molar-refractivity contribution in [3.05, 3.63) is 66.2 Å². The number of hydrogen-bond donors (Lipinski definition) is 0. The summed E-state index contributed by atoms with van der Waals surface area (Å²) in [5, 5.41) is 8.57. The van der Waals surface area contributed by atoms with E-state index in [1.807, 2.05) is 41.2 Å². The molecule has 0 N–H and O–H groups in total. The number of halogens is 1.